The van der Waals surface area contributed by atoms with Crippen molar-refractivity contribution in [1.29, 1.82) is 0 Å². The van der Waals surface area contributed by atoms with Crippen LogP contribution in [0.4, 0.5) is 15.9 Å². The Kier molecular flexibility index (Phi) is 6.12. The summed E-state index contributed by atoms with van der Waals surface area (Å²) in [6.07, 6.45) is 1.32. The summed E-state index contributed by atoms with van der Waals surface area (Å²) >= 11 is 3.07. The monoisotopic (exact) mass is 477 g/mol. The minimum absolute atomic E-state index is 0.0584. The minimum atomic E-state index is -3.80. The van der Waals surface area contributed by atoms with Crippen molar-refractivity contribution in [3.8, 4) is 0 Å². The third-order valence-electron chi connectivity index (χ3n) is 4.15. The van der Waals surface area contributed by atoms with Crippen molar-refractivity contribution in [2.45, 2.75) is 18.9 Å². The predicted octanol–water partition coefficient (Wildman–Crippen LogP) is 1.30. The van der Waals surface area contributed by atoms with Crippen molar-refractivity contribution >= 4 is 43.5 Å². The fourth-order valence-corrected chi connectivity index (χ4v) is 4.22. The molecule has 152 valence electrons. The van der Waals surface area contributed by atoms with E-state index in [1.807, 2.05) is 0 Å². The lowest BCUT2D eigenvalue weighted by molar-refractivity contribution is 0.304. The molecule has 0 radical (unpaired) electrons. The van der Waals surface area contributed by atoms with Gasteiger partial charge in [-0.25, -0.2) is 14.2 Å². The Bertz CT molecular complexity index is 984. The molecule has 11 nitrogen and oxygen atoms in total. The van der Waals surface area contributed by atoms with Crippen molar-refractivity contribution in [3.05, 3.63) is 34.2 Å². The van der Waals surface area contributed by atoms with Crippen molar-refractivity contribution in [2.24, 2.45) is 10.3 Å². The van der Waals surface area contributed by atoms with Gasteiger partial charge in [0.25, 0.3) is 10.2 Å². The molecule has 0 spiro atoms. The van der Waals surface area contributed by atoms with E-state index in [2.05, 4.69) is 42.0 Å². The standard InChI is InChI=1S/C14H17BrFN7O4S/c15-10-6-8(3-4-11(10)16)19-14(20-24)12-13(22-27-21-12)18-7-9-2-1-5-23(9)28(17,25)26/h3-4,6,9,24H,1-2,5,7H2,(H,18,22)(H,19,20)(H2,17,25,26). The van der Waals surface area contributed by atoms with Gasteiger partial charge in [0.15, 0.2) is 5.69 Å². The molecule has 1 aromatic heterocycles. The van der Waals surface area contributed by atoms with E-state index < -0.39 is 16.0 Å². The van der Waals surface area contributed by atoms with Crippen molar-refractivity contribution in [1.82, 2.24) is 14.6 Å². The normalized spacial score (nSPS) is 18.4. The van der Waals surface area contributed by atoms with E-state index in [0.29, 0.717) is 25.1 Å². The SMILES string of the molecule is NS(=O)(=O)N1CCCC1CNc1nonc1C(=NO)Nc1ccc(F)c(Br)c1. The second-order valence-corrected chi connectivity index (χ2v) is 8.35. The van der Waals surface area contributed by atoms with Crippen molar-refractivity contribution in [3.63, 3.8) is 0 Å². The van der Waals surface area contributed by atoms with E-state index in [1.54, 1.807) is 0 Å². The van der Waals surface area contributed by atoms with Gasteiger partial charge in [0.1, 0.15) is 5.82 Å². The molecule has 1 atom stereocenters. The number of nitrogens with two attached hydrogens (primary N) is 1. The van der Waals surface area contributed by atoms with Crippen LogP contribution in [0.25, 0.3) is 0 Å². The summed E-state index contributed by atoms with van der Waals surface area (Å²) in [4.78, 5) is 0. The second kappa shape index (κ2) is 8.38. The number of aromatic nitrogens is 2. The number of hydrogen-bond donors (Lipinski definition) is 4. The van der Waals surface area contributed by atoms with Gasteiger partial charge in [0, 0.05) is 24.8 Å². The summed E-state index contributed by atoms with van der Waals surface area (Å²) in [6, 6.07) is 3.76. The van der Waals surface area contributed by atoms with E-state index in [-0.39, 0.29) is 34.4 Å². The van der Waals surface area contributed by atoms with Gasteiger partial charge in [-0.3, -0.25) is 0 Å². The quantitative estimate of drug-likeness (QED) is 0.209. The van der Waals surface area contributed by atoms with Gasteiger partial charge in [-0.1, -0.05) is 5.16 Å². The topological polar surface area (TPSA) is 159 Å². The maximum absolute atomic E-state index is 13.4. The molecule has 0 saturated carbocycles. The molecule has 1 fully saturated rings. The Balaban J connectivity index is 1.72. The highest BCUT2D eigenvalue weighted by atomic mass is 79.9. The van der Waals surface area contributed by atoms with Crippen molar-refractivity contribution < 1.29 is 22.6 Å². The number of benzene rings is 1. The Labute approximate surface area is 168 Å². The highest BCUT2D eigenvalue weighted by molar-refractivity contribution is 9.10. The maximum Gasteiger partial charge on any atom is 0.277 e. The average molecular weight is 478 g/mol. The van der Waals surface area contributed by atoms with E-state index in [4.69, 9.17) is 9.77 Å². The first-order chi connectivity index (χ1) is 13.3. The zero-order valence-electron chi connectivity index (χ0n) is 14.3. The lowest BCUT2D eigenvalue weighted by Gasteiger charge is -2.21. The summed E-state index contributed by atoms with van der Waals surface area (Å²) < 4.78 is 42.7. The zero-order chi connectivity index (χ0) is 20.3. The molecule has 0 aliphatic carbocycles. The molecule has 1 aliphatic rings. The predicted molar refractivity (Wildman–Crippen MR) is 102 cm³/mol. The fraction of sp³-hybridized carbons (Fsp3) is 0.357. The van der Waals surface area contributed by atoms with Gasteiger partial charge in [-0.05, 0) is 57.3 Å². The lowest BCUT2D eigenvalue weighted by Crippen LogP contribution is -2.43. The molecule has 28 heavy (non-hydrogen) atoms. The molecule has 0 amide bonds. The zero-order valence-corrected chi connectivity index (χ0v) is 16.7. The Morgan fingerprint density at radius 1 is 1.50 bits per heavy atom. The van der Waals surface area contributed by atoms with Crippen LogP contribution in [0.15, 0.2) is 32.5 Å². The summed E-state index contributed by atoms with van der Waals surface area (Å²) in [5.41, 5.74) is 0.481. The third kappa shape index (κ3) is 4.57. The molecule has 1 unspecified atom stereocenters. The molecule has 3 rings (SSSR count). The Morgan fingerprint density at radius 3 is 2.96 bits per heavy atom. The molecule has 1 aromatic carbocycles. The molecule has 0 bridgehead atoms. The Hall–Kier alpha value is -2.29. The summed E-state index contributed by atoms with van der Waals surface area (Å²) in [5.74, 6) is -0.408. The number of halogens is 2. The van der Waals surface area contributed by atoms with E-state index in [0.717, 1.165) is 0 Å². The summed E-state index contributed by atoms with van der Waals surface area (Å²) in [6.45, 7) is 0.553. The number of nitrogens with one attached hydrogen (secondary N) is 2. The molecule has 1 saturated heterocycles. The number of oxime groups is 1. The second-order valence-electron chi connectivity index (χ2n) is 6.00. The first-order valence-electron chi connectivity index (χ1n) is 8.10. The van der Waals surface area contributed by atoms with E-state index in [1.165, 1.54) is 22.5 Å². The number of amidine groups is 1. The van der Waals surface area contributed by atoms with Crippen LogP contribution in [0.1, 0.15) is 18.5 Å². The van der Waals surface area contributed by atoms with Crippen molar-refractivity contribution in [2.75, 3.05) is 23.7 Å². The van der Waals surface area contributed by atoms with Crippen LogP contribution in [0.3, 0.4) is 0 Å². The average Bonchev–Trinajstić information content (AvgIpc) is 3.29. The Morgan fingerprint density at radius 2 is 2.29 bits per heavy atom. The highest BCUT2D eigenvalue weighted by Crippen LogP contribution is 2.23. The largest absolute Gasteiger partial charge is 0.409 e. The summed E-state index contributed by atoms with van der Waals surface area (Å²) in [7, 11) is -3.80. The van der Waals surface area contributed by atoms with Crippen LogP contribution in [-0.4, -0.2) is 53.2 Å². The fourth-order valence-electron chi connectivity index (χ4n) is 2.86. The molecule has 1 aliphatic heterocycles. The van der Waals surface area contributed by atoms with Crippen LogP contribution < -0.4 is 15.8 Å². The van der Waals surface area contributed by atoms with Crippen LogP contribution in [-0.2, 0) is 10.2 Å². The van der Waals surface area contributed by atoms with Crippen LogP contribution in [0.5, 0.6) is 0 Å². The van der Waals surface area contributed by atoms with Gasteiger partial charge >= 0.3 is 0 Å². The molecule has 2 heterocycles. The van der Waals surface area contributed by atoms with Crippen LogP contribution in [0, 0.1) is 5.82 Å². The van der Waals surface area contributed by atoms with Gasteiger partial charge in [-0.15, -0.1) is 0 Å². The van der Waals surface area contributed by atoms with Crippen LogP contribution >= 0.6 is 15.9 Å². The third-order valence-corrected chi connectivity index (χ3v) is 5.89. The maximum atomic E-state index is 13.4. The van der Waals surface area contributed by atoms with Gasteiger partial charge in [-0.2, -0.15) is 12.7 Å². The molecule has 5 N–H and O–H groups in total. The summed E-state index contributed by atoms with van der Waals surface area (Å²) in [5, 5.41) is 30.8. The number of nitrogens with zero attached hydrogens (tertiary/aromatic N) is 4. The molecule has 2 aromatic rings. The van der Waals surface area contributed by atoms with Gasteiger partial charge < -0.3 is 15.8 Å². The van der Waals surface area contributed by atoms with E-state index >= 15 is 0 Å². The highest BCUT2D eigenvalue weighted by Gasteiger charge is 2.32. The number of rotatable bonds is 6. The first-order valence-corrected chi connectivity index (χ1v) is 10.4. The van der Waals surface area contributed by atoms with Gasteiger partial charge in [0.05, 0.1) is 4.47 Å². The number of hydrogen-bond acceptors (Lipinski definition) is 8. The van der Waals surface area contributed by atoms with Gasteiger partial charge in [0.2, 0.25) is 11.7 Å². The van der Waals surface area contributed by atoms with Crippen LogP contribution in [0.2, 0.25) is 0 Å². The molecular weight excluding hydrogens is 461 g/mol. The minimum Gasteiger partial charge on any atom is -0.409 e. The number of anilines is 2. The molecule has 14 heteroatoms. The van der Waals surface area contributed by atoms with E-state index in [9.17, 15) is 18.0 Å². The smallest absolute Gasteiger partial charge is 0.277 e. The first kappa shape index (κ1) is 20.4. The molecular formula is C14H17BrFN7O4S. The lowest BCUT2D eigenvalue weighted by atomic mass is 10.2.